The van der Waals surface area contributed by atoms with Gasteiger partial charge in [0.05, 0.1) is 11.1 Å². The largest absolute Gasteiger partial charge is 0.508 e. The molecule has 2 saturated carbocycles. The van der Waals surface area contributed by atoms with E-state index in [1.54, 1.807) is 12.1 Å². The van der Waals surface area contributed by atoms with E-state index < -0.39 is 0 Å². The summed E-state index contributed by atoms with van der Waals surface area (Å²) in [6.45, 7) is 0. The van der Waals surface area contributed by atoms with Crippen molar-refractivity contribution in [2.24, 2.45) is 11.8 Å². The van der Waals surface area contributed by atoms with Crippen molar-refractivity contribution in [2.45, 2.75) is 31.6 Å². The number of benzene rings is 1. The number of nitrogens with one attached hydrogen (secondary N) is 1. The monoisotopic (exact) mass is 257 g/mol. The van der Waals surface area contributed by atoms with E-state index in [1.807, 2.05) is 0 Å². The number of aromatic hydroxyl groups is 1. The second kappa shape index (κ2) is 3.59. The molecule has 2 aliphatic carbocycles. The van der Waals surface area contributed by atoms with Crippen LogP contribution in [0.1, 0.15) is 57.9 Å². The molecule has 1 aromatic rings. The van der Waals surface area contributed by atoms with E-state index >= 15 is 0 Å². The van der Waals surface area contributed by atoms with Gasteiger partial charge in [-0.1, -0.05) is 6.42 Å². The fraction of sp³-hybridized carbons (Fsp3) is 0.467. The minimum atomic E-state index is -0.353. The summed E-state index contributed by atoms with van der Waals surface area (Å²) in [5, 5.41) is 12.5. The maximum atomic E-state index is 12.0. The predicted octanol–water partition coefficient (Wildman–Crippen LogP) is 2.18. The van der Waals surface area contributed by atoms with Crippen molar-refractivity contribution in [1.29, 1.82) is 0 Å². The van der Waals surface area contributed by atoms with E-state index in [0.717, 1.165) is 12.3 Å². The molecule has 0 radical (unpaired) electrons. The standard InChI is InChI=1S/C15H15NO3/c17-11-4-3-9-13(15(19)16-14(9)18)12(11)10-6-7-1-2-8(10)5-7/h3-4,7-8,10,17H,1-2,5-6H2,(H,16,18,19). The van der Waals surface area contributed by atoms with Crippen LogP contribution in [0.4, 0.5) is 0 Å². The third kappa shape index (κ3) is 1.40. The Balaban J connectivity index is 1.88. The summed E-state index contributed by atoms with van der Waals surface area (Å²) in [5.41, 5.74) is 1.55. The van der Waals surface area contributed by atoms with Gasteiger partial charge in [0, 0.05) is 5.56 Å². The Hall–Kier alpha value is -1.84. The number of imide groups is 1. The molecule has 0 spiro atoms. The number of hydrogen-bond acceptors (Lipinski definition) is 3. The average molecular weight is 257 g/mol. The molecule has 1 aromatic carbocycles. The lowest BCUT2D eigenvalue weighted by molar-refractivity contribution is 0.0879. The summed E-state index contributed by atoms with van der Waals surface area (Å²) in [7, 11) is 0. The van der Waals surface area contributed by atoms with Crippen LogP contribution in [0.5, 0.6) is 5.75 Å². The number of hydrogen-bond donors (Lipinski definition) is 2. The van der Waals surface area contributed by atoms with Crippen molar-refractivity contribution in [3.05, 3.63) is 28.8 Å². The highest BCUT2D eigenvalue weighted by atomic mass is 16.3. The number of rotatable bonds is 1. The van der Waals surface area contributed by atoms with E-state index in [9.17, 15) is 14.7 Å². The van der Waals surface area contributed by atoms with Crippen LogP contribution in [0.25, 0.3) is 0 Å². The predicted molar refractivity (Wildman–Crippen MR) is 68.1 cm³/mol. The van der Waals surface area contributed by atoms with Crippen molar-refractivity contribution in [3.8, 4) is 5.75 Å². The van der Waals surface area contributed by atoms with Crippen LogP contribution >= 0.6 is 0 Å². The van der Waals surface area contributed by atoms with E-state index in [2.05, 4.69) is 5.32 Å². The van der Waals surface area contributed by atoms with Crippen molar-refractivity contribution in [3.63, 3.8) is 0 Å². The van der Waals surface area contributed by atoms with Crippen molar-refractivity contribution < 1.29 is 14.7 Å². The molecule has 1 aliphatic heterocycles. The molecule has 3 atom stereocenters. The summed E-state index contributed by atoms with van der Waals surface area (Å²) >= 11 is 0. The van der Waals surface area contributed by atoms with Crippen LogP contribution in [0, 0.1) is 11.8 Å². The highest BCUT2D eigenvalue weighted by molar-refractivity contribution is 6.22. The summed E-state index contributed by atoms with van der Waals surface area (Å²) in [6.07, 6.45) is 4.68. The van der Waals surface area contributed by atoms with Crippen molar-refractivity contribution in [1.82, 2.24) is 5.32 Å². The van der Waals surface area contributed by atoms with Gasteiger partial charge in [-0.3, -0.25) is 14.9 Å². The van der Waals surface area contributed by atoms with E-state index in [0.29, 0.717) is 22.6 Å². The first kappa shape index (κ1) is 11.0. The Morgan fingerprint density at radius 1 is 1.11 bits per heavy atom. The molecular weight excluding hydrogens is 242 g/mol. The smallest absolute Gasteiger partial charge is 0.259 e. The topological polar surface area (TPSA) is 66.4 Å². The van der Waals surface area contributed by atoms with Gasteiger partial charge in [-0.15, -0.1) is 0 Å². The molecule has 98 valence electrons. The molecule has 2 amide bonds. The second-order valence-electron chi connectivity index (χ2n) is 5.99. The highest BCUT2D eigenvalue weighted by Crippen LogP contribution is 2.55. The van der Waals surface area contributed by atoms with E-state index in [4.69, 9.17) is 0 Å². The maximum Gasteiger partial charge on any atom is 0.259 e. The summed E-state index contributed by atoms with van der Waals surface area (Å²) in [4.78, 5) is 23.7. The van der Waals surface area contributed by atoms with Gasteiger partial charge in [-0.2, -0.15) is 0 Å². The Morgan fingerprint density at radius 3 is 2.63 bits per heavy atom. The molecule has 2 N–H and O–H groups in total. The SMILES string of the molecule is O=C1NC(=O)c2c1ccc(O)c2C1CC2CCC1C2. The highest BCUT2D eigenvalue weighted by Gasteiger charge is 2.44. The van der Waals surface area contributed by atoms with Gasteiger partial charge < -0.3 is 5.11 Å². The Labute approximate surface area is 110 Å². The molecule has 0 saturated heterocycles. The Kier molecular flexibility index (Phi) is 2.08. The molecule has 4 heteroatoms. The van der Waals surface area contributed by atoms with Gasteiger partial charge in [0.15, 0.2) is 0 Å². The quantitative estimate of drug-likeness (QED) is 0.758. The minimum absolute atomic E-state index is 0.168. The van der Waals surface area contributed by atoms with Crippen LogP contribution in [0.3, 0.4) is 0 Å². The first-order chi connectivity index (χ1) is 9.15. The van der Waals surface area contributed by atoms with E-state index in [1.165, 1.54) is 19.3 Å². The molecule has 3 unspecified atom stereocenters. The summed E-state index contributed by atoms with van der Waals surface area (Å²) in [6, 6.07) is 3.10. The van der Waals surface area contributed by atoms with Gasteiger partial charge >= 0.3 is 0 Å². The third-order valence-electron chi connectivity index (χ3n) is 5.03. The van der Waals surface area contributed by atoms with Gasteiger partial charge in [0.2, 0.25) is 0 Å². The maximum absolute atomic E-state index is 12.0. The zero-order valence-corrected chi connectivity index (χ0v) is 10.5. The number of fused-ring (bicyclic) bond motifs is 3. The number of phenols is 1. The number of amides is 2. The lowest BCUT2D eigenvalue weighted by atomic mass is 9.80. The zero-order valence-electron chi connectivity index (χ0n) is 10.5. The van der Waals surface area contributed by atoms with Gasteiger partial charge in [0.1, 0.15) is 5.75 Å². The molecule has 3 aliphatic rings. The average Bonchev–Trinajstić information content (AvgIpc) is 3.05. The molecule has 4 nitrogen and oxygen atoms in total. The van der Waals surface area contributed by atoms with Crippen LogP contribution < -0.4 is 5.32 Å². The van der Waals surface area contributed by atoms with E-state index in [-0.39, 0.29) is 23.5 Å². The first-order valence-corrected chi connectivity index (χ1v) is 6.86. The molecule has 0 aromatic heterocycles. The van der Waals surface area contributed by atoms with Gasteiger partial charge in [-0.25, -0.2) is 0 Å². The number of carbonyl (C=O) groups excluding carboxylic acids is 2. The fourth-order valence-electron chi connectivity index (χ4n) is 4.25. The number of carbonyl (C=O) groups is 2. The first-order valence-electron chi connectivity index (χ1n) is 6.86. The molecular formula is C15H15NO3. The van der Waals surface area contributed by atoms with Gasteiger partial charge in [-0.05, 0) is 49.1 Å². The Bertz CT molecular complexity index is 608. The summed E-state index contributed by atoms with van der Waals surface area (Å²) in [5.74, 6) is 1.00. The zero-order chi connectivity index (χ0) is 13.1. The lowest BCUT2D eigenvalue weighted by Gasteiger charge is -2.24. The van der Waals surface area contributed by atoms with Crippen LogP contribution in [-0.2, 0) is 0 Å². The number of phenolic OH excluding ortho intramolecular Hbond substituents is 1. The van der Waals surface area contributed by atoms with Crippen molar-refractivity contribution >= 4 is 11.8 Å². The van der Waals surface area contributed by atoms with Crippen LogP contribution in [0.15, 0.2) is 12.1 Å². The molecule has 19 heavy (non-hydrogen) atoms. The third-order valence-corrected chi connectivity index (χ3v) is 5.03. The molecule has 2 fully saturated rings. The molecule has 1 heterocycles. The van der Waals surface area contributed by atoms with Gasteiger partial charge in [0.25, 0.3) is 11.8 Å². The molecule has 4 rings (SSSR count). The second-order valence-corrected chi connectivity index (χ2v) is 5.99. The van der Waals surface area contributed by atoms with Crippen molar-refractivity contribution in [2.75, 3.05) is 0 Å². The summed E-state index contributed by atoms with van der Waals surface area (Å²) < 4.78 is 0. The fourth-order valence-corrected chi connectivity index (χ4v) is 4.25. The normalized spacial score (nSPS) is 31.7. The van der Waals surface area contributed by atoms with Crippen LogP contribution in [0.2, 0.25) is 0 Å². The van der Waals surface area contributed by atoms with Crippen LogP contribution in [-0.4, -0.2) is 16.9 Å². The minimum Gasteiger partial charge on any atom is -0.508 e. The lowest BCUT2D eigenvalue weighted by Crippen LogP contribution is -2.21. The Morgan fingerprint density at radius 2 is 1.95 bits per heavy atom. The molecule has 2 bridgehead atoms.